The Kier molecular flexibility index (Phi) is 3.49. The first-order valence-corrected chi connectivity index (χ1v) is 7.25. The summed E-state index contributed by atoms with van der Waals surface area (Å²) in [5.41, 5.74) is 0.155. The van der Waals surface area contributed by atoms with Crippen molar-refractivity contribution in [1.29, 1.82) is 0 Å². The van der Waals surface area contributed by atoms with E-state index < -0.39 is 7.12 Å². The molecule has 116 valence electrons. The standard InChI is InChI=1S/C15H20BN3O3/c1-14(2)15(3,4)22-16(21-14)11-6-7-13(17-8-11)20-12-9-18-19(5)10-12/h6-10H,1-5H3. The molecule has 0 radical (unpaired) electrons. The Morgan fingerprint density at radius 3 is 2.27 bits per heavy atom. The maximum Gasteiger partial charge on any atom is 0.496 e. The summed E-state index contributed by atoms with van der Waals surface area (Å²) in [7, 11) is 1.42. The Balaban J connectivity index is 1.72. The van der Waals surface area contributed by atoms with E-state index in [1.54, 1.807) is 29.3 Å². The van der Waals surface area contributed by atoms with Gasteiger partial charge in [0.2, 0.25) is 5.88 Å². The van der Waals surface area contributed by atoms with Gasteiger partial charge >= 0.3 is 7.12 Å². The van der Waals surface area contributed by atoms with Gasteiger partial charge in [0.25, 0.3) is 0 Å². The summed E-state index contributed by atoms with van der Waals surface area (Å²) in [5.74, 6) is 1.16. The molecule has 2 aromatic heterocycles. The lowest BCUT2D eigenvalue weighted by molar-refractivity contribution is 0.00578. The number of hydrogen-bond acceptors (Lipinski definition) is 5. The SMILES string of the molecule is Cn1cc(Oc2ccc(B3OC(C)(C)C(C)(C)O3)cn2)cn1. The van der Waals surface area contributed by atoms with Crippen LogP contribution in [0.25, 0.3) is 0 Å². The highest BCUT2D eigenvalue weighted by atomic mass is 16.7. The lowest BCUT2D eigenvalue weighted by atomic mass is 9.80. The normalized spacial score (nSPS) is 19.4. The summed E-state index contributed by atoms with van der Waals surface area (Å²) in [6.07, 6.45) is 5.14. The topological polar surface area (TPSA) is 58.4 Å². The molecular formula is C15H20BN3O3. The summed E-state index contributed by atoms with van der Waals surface area (Å²) < 4.78 is 19.3. The molecule has 0 N–H and O–H groups in total. The minimum Gasteiger partial charge on any atom is -0.436 e. The first-order chi connectivity index (χ1) is 10.3. The van der Waals surface area contributed by atoms with Gasteiger partial charge < -0.3 is 14.0 Å². The van der Waals surface area contributed by atoms with Crippen LogP contribution in [0.15, 0.2) is 30.7 Å². The van der Waals surface area contributed by atoms with Crippen molar-refractivity contribution in [2.24, 2.45) is 7.05 Å². The van der Waals surface area contributed by atoms with E-state index in [1.807, 2.05) is 40.8 Å². The first kappa shape index (κ1) is 15.1. The fraction of sp³-hybridized carbons (Fsp3) is 0.467. The fourth-order valence-corrected chi connectivity index (χ4v) is 2.14. The lowest BCUT2D eigenvalue weighted by Crippen LogP contribution is -2.41. The molecule has 0 unspecified atom stereocenters. The predicted octanol–water partition coefficient (Wildman–Crippen LogP) is 1.91. The van der Waals surface area contributed by atoms with Crippen LogP contribution < -0.4 is 10.2 Å². The molecule has 1 saturated heterocycles. The van der Waals surface area contributed by atoms with Gasteiger partial charge in [0, 0.05) is 24.8 Å². The van der Waals surface area contributed by atoms with Crippen molar-refractivity contribution >= 4 is 12.6 Å². The predicted molar refractivity (Wildman–Crippen MR) is 83.2 cm³/mol. The van der Waals surface area contributed by atoms with Gasteiger partial charge in [-0.25, -0.2) is 4.98 Å². The number of aryl methyl sites for hydroxylation is 1. The fourth-order valence-electron chi connectivity index (χ4n) is 2.14. The van der Waals surface area contributed by atoms with Gasteiger partial charge in [0.05, 0.1) is 23.6 Å². The number of pyridine rings is 1. The molecule has 3 heterocycles. The summed E-state index contributed by atoms with van der Waals surface area (Å²) in [5, 5.41) is 4.05. The van der Waals surface area contributed by atoms with Crippen LogP contribution in [-0.4, -0.2) is 33.1 Å². The van der Waals surface area contributed by atoms with Crippen molar-refractivity contribution in [3.63, 3.8) is 0 Å². The highest BCUT2D eigenvalue weighted by Crippen LogP contribution is 2.36. The van der Waals surface area contributed by atoms with E-state index in [1.165, 1.54) is 0 Å². The minimum absolute atomic E-state index is 0.359. The van der Waals surface area contributed by atoms with E-state index >= 15 is 0 Å². The Labute approximate surface area is 130 Å². The van der Waals surface area contributed by atoms with E-state index in [2.05, 4.69) is 10.1 Å². The average molecular weight is 301 g/mol. The monoisotopic (exact) mass is 301 g/mol. The third-order valence-corrected chi connectivity index (χ3v) is 4.19. The van der Waals surface area contributed by atoms with Crippen LogP contribution in [0.4, 0.5) is 0 Å². The van der Waals surface area contributed by atoms with Gasteiger partial charge in [-0.3, -0.25) is 4.68 Å². The molecule has 0 atom stereocenters. The van der Waals surface area contributed by atoms with E-state index in [-0.39, 0.29) is 11.2 Å². The number of ether oxygens (including phenoxy) is 1. The third kappa shape index (κ3) is 2.74. The number of nitrogens with zero attached hydrogens (tertiary/aromatic N) is 3. The van der Waals surface area contributed by atoms with Crippen LogP contribution in [0.1, 0.15) is 27.7 Å². The maximum absolute atomic E-state index is 6.00. The van der Waals surface area contributed by atoms with Gasteiger partial charge in [-0.15, -0.1) is 0 Å². The van der Waals surface area contributed by atoms with Gasteiger partial charge in [-0.2, -0.15) is 5.10 Å². The molecule has 0 bridgehead atoms. The molecule has 7 heteroatoms. The molecule has 1 aliphatic heterocycles. The van der Waals surface area contributed by atoms with Gasteiger partial charge in [0.15, 0.2) is 5.75 Å². The highest BCUT2D eigenvalue weighted by Gasteiger charge is 2.51. The van der Waals surface area contributed by atoms with E-state index in [0.717, 1.165) is 5.46 Å². The summed E-state index contributed by atoms with van der Waals surface area (Å²) in [6, 6.07) is 3.70. The molecule has 0 aromatic carbocycles. The molecule has 2 aromatic rings. The van der Waals surface area contributed by atoms with Crippen molar-refractivity contribution in [1.82, 2.24) is 14.8 Å². The van der Waals surface area contributed by atoms with E-state index in [9.17, 15) is 0 Å². The zero-order chi connectivity index (χ0) is 16.0. The Bertz CT molecular complexity index is 651. The van der Waals surface area contributed by atoms with Crippen molar-refractivity contribution in [3.05, 3.63) is 30.7 Å². The van der Waals surface area contributed by atoms with Crippen molar-refractivity contribution in [3.8, 4) is 11.6 Å². The second-order valence-corrected chi connectivity index (χ2v) is 6.47. The number of aromatic nitrogens is 3. The highest BCUT2D eigenvalue weighted by molar-refractivity contribution is 6.62. The molecule has 0 aliphatic carbocycles. The van der Waals surface area contributed by atoms with E-state index in [0.29, 0.717) is 11.6 Å². The number of rotatable bonds is 3. The second-order valence-electron chi connectivity index (χ2n) is 6.47. The molecule has 0 spiro atoms. The van der Waals surface area contributed by atoms with Crippen LogP contribution in [0.5, 0.6) is 11.6 Å². The lowest BCUT2D eigenvalue weighted by Gasteiger charge is -2.32. The average Bonchev–Trinajstić information content (AvgIpc) is 2.92. The maximum atomic E-state index is 6.00. The summed E-state index contributed by atoms with van der Waals surface area (Å²) in [6.45, 7) is 8.11. The molecule has 22 heavy (non-hydrogen) atoms. The van der Waals surface area contributed by atoms with Crippen LogP contribution in [-0.2, 0) is 16.4 Å². The Hall–Kier alpha value is -1.86. The minimum atomic E-state index is -0.412. The Morgan fingerprint density at radius 2 is 1.77 bits per heavy atom. The second kappa shape index (κ2) is 5.10. The third-order valence-electron chi connectivity index (χ3n) is 4.19. The molecular weight excluding hydrogens is 281 g/mol. The van der Waals surface area contributed by atoms with Crippen molar-refractivity contribution in [2.45, 2.75) is 38.9 Å². The molecule has 1 aliphatic rings. The summed E-state index contributed by atoms with van der Waals surface area (Å²) >= 11 is 0. The van der Waals surface area contributed by atoms with E-state index in [4.69, 9.17) is 14.0 Å². The van der Waals surface area contributed by atoms with Gasteiger partial charge in [0.1, 0.15) is 0 Å². The van der Waals surface area contributed by atoms with Crippen molar-refractivity contribution in [2.75, 3.05) is 0 Å². The first-order valence-electron chi connectivity index (χ1n) is 7.25. The zero-order valence-electron chi connectivity index (χ0n) is 13.5. The zero-order valence-corrected chi connectivity index (χ0v) is 13.5. The van der Waals surface area contributed by atoms with Crippen molar-refractivity contribution < 1.29 is 14.0 Å². The van der Waals surface area contributed by atoms with Crippen LogP contribution in [0, 0.1) is 0 Å². The summed E-state index contributed by atoms with van der Waals surface area (Å²) in [4.78, 5) is 4.30. The van der Waals surface area contributed by atoms with Gasteiger partial charge in [-0.05, 0) is 27.7 Å². The van der Waals surface area contributed by atoms with Gasteiger partial charge in [-0.1, -0.05) is 6.07 Å². The Morgan fingerprint density at radius 1 is 1.09 bits per heavy atom. The largest absolute Gasteiger partial charge is 0.496 e. The quantitative estimate of drug-likeness (QED) is 0.811. The number of hydrogen-bond donors (Lipinski definition) is 0. The smallest absolute Gasteiger partial charge is 0.436 e. The van der Waals surface area contributed by atoms with Crippen LogP contribution in [0.2, 0.25) is 0 Å². The molecule has 0 amide bonds. The molecule has 6 nitrogen and oxygen atoms in total. The van der Waals surface area contributed by atoms with Crippen LogP contribution in [0.3, 0.4) is 0 Å². The molecule has 1 fully saturated rings. The van der Waals surface area contributed by atoms with Crippen LogP contribution >= 0.6 is 0 Å². The molecule has 3 rings (SSSR count). The molecule has 0 saturated carbocycles.